The van der Waals surface area contributed by atoms with Gasteiger partial charge in [0.1, 0.15) is 11.3 Å². The van der Waals surface area contributed by atoms with Gasteiger partial charge in [-0.15, -0.1) is 0 Å². The Kier molecular flexibility index (Phi) is 5.35. The van der Waals surface area contributed by atoms with Gasteiger partial charge in [-0.3, -0.25) is 4.79 Å². The van der Waals surface area contributed by atoms with Gasteiger partial charge in [-0.2, -0.15) is 0 Å². The molecule has 0 spiro atoms. The number of carbonyl (C=O) groups excluding carboxylic acids is 1. The first-order valence-corrected chi connectivity index (χ1v) is 9.50. The zero-order valence-electron chi connectivity index (χ0n) is 17.0. The van der Waals surface area contributed by atoms with Crippen LogP contribution in [0.1, 0.15) is 17.3 Å². The largest absolute Gasteiger partial charge is 0.493 e. The summed E-state index contributed by atoms with van der Waals surface area (Å²) in [6.45, 7) is 1.55. The van der Waals surface area contributed by atoms with E-state index in [1.54, 1.807) is 33.3 Å². The fourth-order valence-corrected chi connectivity index (χ4v) is 3.25. The first-order chi connectivity index (χ1) is 14.6. The second-order valence-corrected chi connectivity index (χ2v) is 6.78. The standard InChI is InChI=1S/C25H21NO4/c1-16(27)17-8-11-19(12-9-17)26-21-15-24(30-22-7-5-4-6-20(21)22)18-10-13-23(28-2)25(14-18)29-3/h4-15H,1-3H3. The lowest BCUT2D eigenvalue weighted by Gasteiger charge is -2.10. The number of ether oxygens (including phenoxy) is 2. The molecule has 0 N–H and O–H groups in total. The van der Waals surface area contributed by atoms with Crippen molar-refractivity contribution in [1.82, 2.24) is 0 Å². The third-order valence-corrected chi connectivity index (χ3v) is 4.84. The van der Waals surface area contributed by atoms with Gasteiger partial charge in [-0.1, -0.05) is 12.1 Å². The Morgan fingerprint density at radius 2 is 1.60 bits per heavy atom. The summed E-state index contributed by atoms with van der Waals surface area (Å²) in [7, 11) is 3.21. The molecule has 4 aromatic rings. The van der Waals surface area contributed by atoms with Crippen LogP contribution in [-0.2, 0) is 0 Å². The molecule has 0 fully saturated rings. The van der Waals surface area contributed by atoms with Crippen molar-refractivity contribution in [2.75, 3.05) is 14.2 Å². The molecule has 0 aliphatic rings. The Morgan fingerprint density at radius 3 is 2.30 bits per heavy atom. The highest BCUT2D eigenvalue weighted by Crippen LogP contribution is 2.32. The molecule has 3 aromatic carbocycles. The number of hydrogen-bond donors (Lipinski definition) is 0. The average molecular weight is 399 g/mol. The number of methoxy groups -OCH3 is 2. The topological polar surface area (TPSA) is 61.0 Å². The molecule has 0 aliphatic carbocycles. The number of fused-ring (bicyclic) bond motifs is 1. The number of benzene rings is 3. The maximum atomic E-state index is 11.5. The van der Waals surface area contributed by atoms with Gasteiger partial charge in [0.05, 0.1) is 25.3 Å². The van der Waals surface area contributed by atoms with Crippen LogP contribution in [-0.4, -0.2) is 20.0 Å². The Morgan fingerprint density at radius 1 is 0.867 bits per heavy atom. The zero-order valence-corrected chi connectivity index (χ0v) is 17.0. The summed E-state index contributed by atoms with van der Waals surface area (Å²) in [5.74, 6) is 1.96. The maximum absolute atomic E-state index is 11.5. The molecule has 5 heteroatoms. The van der Waals surface area contributed by atoms with Gasteiger partial charge >= 0.3 is 0 Å². The molecule has 0 radical (unpaired) electrons. The molecule has 30 heavy (non-hydrogen) atoms. The Bertz CT molecular complexity index is 1290. The van der Waals surface area contributed by atoms with E-state index in [1.165, 1.54) is 0 Å². The summed E-state index contributed by atoms with van der Waals surface area (Å²) in [4.78, 5) is 16.3. The fourth-order valence-electron chi connectivity index (χ4n) is 3.25. The molecule has 1 aromatic heterocycles. The number of nitrogens with zero attached hydrogens (tertiary/aromatic N) is 1. The monoisotopic (exact) mass is 399 g/mol. The van der Waals surface area contributed by atoms with E-state index in [2.05, 4.69) is 0 Å². The van der Waals surface area contributed by atoms with Crippen molar-refractivity contribution >= 4 is 22.4 Å². The first kappa shape index (κ1) is 19.5. The van der Waals surface area contributed by atoms with Crippen molar-refractivity contribution in [1.29, 1.82) is 0 Å². The molecule has 0 saturated heterocycles. The van der Waals surface area contributed by atoms with Crippen LogP contribution >= 0.6 is 0 Å². The predicted octanol–water partition coefficient (Wildman–Crippen LogP) is 5.55. The van der Waals surface area contributed by atoms with Gasteiger partial charge in [-0.05, 0) is 61.5 Å². The summed E-state index contributed by atoms with van der Waals surface area (Å²) in [5, 5.41) is 1.68. The van der Waals surface area contributed by atoms with E-state index < -0.39 is 0 Å². The Hall–Kier alpha value is -3.86. The SMILES string of the molecule is COc1ccc(-c2cc(=Nc3ccc(C(C)=O)cc3)c3ccccc3o2)cc1OC. The lowest BCUT2D eigenvalue weighted by molar-refractivity contribution is 0.101. The average Bonchev–Trinajstić information content (AvgIpc) is 2.78. The summed E-state index contributed by atoms with van der Waals surface area (Å²) in [6.07, 6.45) is 0. The van der Waals surface area contributed by atoms with E-state index in [0.29, 0.717) is 22.8 Å². The maximum Gasteiger partial charge on any atom is 0.161 e. The van der Waals surface area contributed by atoms with E-state index >= 15 is 0 Å². The molecule has 0 bridgehead atoms. The smallest absolute Gasteiger partial charge is 0.161 e. The summed E-state index contributed by atoms with van der Waals surface area (Å²) in [6, 6.07) is 22.5. The quantitative estimate of drug-likeness (QED) is 0.413. The van der Waals surface area contributed by atoms with Crippen molar-refractivity contribution in [3.05, 3.63) is 83.7 Å². The third kappa shape index (κ3) is 3.82. The molecule has 0 saturated carbocycles. The molecule has 0 unspecified atom stereocenters. The number of rotatable bonds is 5. The van der Waals surface area contributed by atoms with Crippen molar-refractivity contribution in [3.8, 4) is 22.8 Å². The predicted molar refractivity (Wildman–Crippen MR) is 116 cm³/mol. The van der Waals surface area contributed by atoms with E-state index in [-0.39, 0.29) is 5.78 Å². The van der Waals surface area contributed by atoms with Gasteiger partial charge in [-0.25, -0.2) is 4.99 Å². The van der Waals surface area contributed by atoms with Crippen LogP contribution in [0.4, 0.5) is 5.69 Å². The van der Waals surface area contributed by atoms with Crippen molar-refractivity contribution in [2.24, 2.45) is 4.99 Å². The van der Waals surface area contributed by atoms with E-state index in [0.717, 1.165) is 27.6 Å². The van der Waals surface area contributed by atoms with Crippen LogP contribution in [0.25, 0.3) is 22.3 Å². The van der Waals surface area contributed by atoms with Gasteiger partial charge in [0.2, 0.25) is 0 Å². The molecule has 150 valence electrons. The normalized spacial score (nSPS) is 11.5. The molecule has 0 aliphatic heterocycles. The molecule has 5 nitrogen and oxygen atoms in total. The molecule has 0 atom stereocenters. The molecular weight excluding hydrogens is 378 g/mol. The van der Waals surface area contributed by atoms with E-state index in [1.807, 2.05) is 60.7 Å². The number of hydrogen-bond acceptors (Lipinski definition) is 5. The summed E-state index contributed by atoms with van der Waals surface area (Å²) in [5.41, 5.74) is 2.99. The van der Waals surface area contributed by atoms with Crippen LogP contribution in [0, 0.1) is 0 Å². The molecule has 1 heterocycles. The minimum atomic E-state index is 0.0289. The second-order valence-electron chi connectivity index (χ2n) is 6.78. The number of ketones is 1. The van der Waals surface area contributed by atoms with Crippen molar-refractivity contribution in [2.45, 2.75) is 6.92 Å². The second kappa shape index (κ2) is 8.25. The van der Waals surface area contributed by atoms with E-state index in [9.17, 15) is 4.79 Å². The highest BCUT2D eigenvalue weighted by atomic mass is 16.5. The minimum Gasteiger partial charge on any atom is -0.493 e. The molecule has 4 rings (SSSR count). The van der Waals surface area contributed by atoms with E-state index in [4.69, 9.17) is 18.9 Å². The lowest BCUT2D eigenvalue weighted by Crippen LogP contribution is -2.03. The number of Topliss-reactive ketones (excluding diaryl/α,β-unsaturated/α-hetero) is 1. The highest BCUT2D eigenvalue weighted by molar-refractivity contribution is 5.94. The van der Waals surface area contributed by atoms with Crippen LogP contribution in [0.2, 0.25) is 0 Å². The van der Waals surface area contributed by atoms with Crippen molar-refractivity contribution < 1.29 is 18.7 Å². The van der Waals surface area contributed by atoms with Crippen LogP contribution in [0.3, 0.4) is 0 Å². The van der Waals surface area contributed by atoms with Gasteiger partial charge < -0.3 is 13.9 Å². The highest BCUT2D eigenvalue weighted by Gasteiger charge is 2.10. The Balaban J connectivity index is 1.89. The van der Waals surface area contributed by atoms with Crippen LogP contribution < -0.4 is 14.8 Å². The Labute approximate surface area is 174 Å². The van der Waals surface area contributed by atoms with Crippen LogP contribution in [0.5, 0.6) is 11.5 Å². The molecular formula is C25H21NO4. The summed E-state index contributed by atoms with van der Waals surface area (Å²) >= 11 is 0. The number of para-hydroxylation sites is 1. The first-order valence-electron chi connectivity index (χ1n) is 9.50. The lowest BCUT2D eigenvalue weighted by atomic mass is 10.1. The summed E-state index contributed by atoms with van der Waals surface area (Å²) < 4.78 is 16.9. The molecule has 0 amide bonds. The minimum absolute atomic E-state index is 0.0289. The zero-order chi connectivity index (χ0) is 21.1. The number of carbonyl (C=O) groups is 1. The fraction of sp³-hybridized carbons (Fsp3) is 0.120. The van der Waals surface area contributed by atoms with Gasteiger partial charge in [0.25, 0.3) is 0 Å². The van der Waals surface area contributed by atoms with Gasteiger partial charge in [0.15, 0.2) is 17.3 Å². The third-order valence-electron chi connectivity index (χ3n) is 4.84. The van der Waals surface area contributed by atoms with Crippen molar-refractivity contribution in [3.63, 3.8) is 0 Å². The van der Waals surface area contributed by atoms with Gasteiger partial charge in [0, 0.05) is 22.6 Å². The van der Waals surface area contributed by atoms with Crippen LogP contribution in [0.15, 0.2) is 82.2 Å².